The van der Waals surface area contributed by atoms with Crippen LogP contribution in [0.15, 0.2) is 33.9 Å². The van der Waals surface area contributed by atoms with E-state index >= 15 is 0 Å². The van der Waals surface area contributed by atoms with Gasteiger partial charge in [0.1, 0.15) is 5.52 Å². The van der Waals surface area contributed by atoms with E-state index in [1.807, 2.05) is 31.2 Å². The van der Waals surface area contributed by atoms with Crippen LogP contribution in [0.2, 0.25) is 0 Å². The Hall–Kier alpha value is -1.49. The van der Waals surface area contributed by atoms with Crippen molar-refractivity contribution in [1.29, 1.82) is 0 Å². The van der Waals surface area contributed by atoms with Gasteiger partial charge in [-0.2, -0.15) is 0 Å². The molecule has 102 valence electrons. The minimum Gasteiger partial charge on any atom is -0.431 e. The van der Waals surface area contributed by atoms with Crippen molar-refractivity contribution in [1.82, 2.24) is 10.3 Å². The summed E-state index contributed by atoms with van der Waals surface area (Å²) in [5.74, 6) is 0.760. The van der Waals surface area contributed by atoms with E-state index in [4.69, 9.17) is 4.42 Å². The number of carbonyl (C=O) groups is 1. The first-order valence-electron chi connectivity index (χ1n) is 6.34. The topological polar surface area (TPSA) is 55.1 Å². The summed E-state index contributed by atoms with van der Waals surface area (Å²) >= 11 is 1.32. The second-order valence-electron chi connectivity index (χ2n) is 4.84. The number of hydrogen-bond donors (Lipinski definition) is 1. The summed E-state index contributed by atoms with van der Waals surface area (Å²) in [5, 5.41) is 3.49. The van der Waals surface area contributed by atoms with Crippen LogP contribution in [0, 0.1) is 5.92 Å². The summed E-state index contributed by atoms with van der Waals surface area (Å²) in [6.45, 7) is 6.17. The molecule has 0 aliphatic carbocycles. The highest BCUT2D eigenvalue weighted by molar-refractivity contribution is 7.99. The second-order valence-corrected chi connectivity index (χ2v) is 5.76. The van der Waals surface area contributed by atoms with Gasteiger partial charge in [-0.05, 0) is 25.0 Å². The van der Waals surface area contributed by atoms with E-state index < -0.39 is 0 Å². The number of para-hydroxylation sites is 2. The second kappa shape index (κ2) is 6.10. The molecule has 4 nitrogen and oxygen atoms in total. The van der Waals surface area contributed by atoms with E-state index in [1.165, 1.54) is 11.8 Å². The van der Waals surface area contributed by atoms with Gasteiger partial charge in [-0.1, -0.05) is 37.7 Å². The van der Waals surface area contributed by atoms with Crippen LogP contribution in [0.4, 0.5) is 0 Å². The number of oxazole rings is 1. The summed E-state index contributed by atoms with van der Waals surface area (Å²) in [6, 6.07) is 7.75. The molecule has 2 rings (SSSR count). The SMILES string of the molecule is CC(C)[C@H](C)NC(=O)CSc1nc2ccccc2o1. The number of hydrogen-bond acceptors (Lipinski definition) is 4. The fraction of sp³-hybridized carbons (Fsp3) is 0.429. The first-order chi connectivity index (χ1) is 9.06. The smallest absolute Gasteiger partial charge is 0.257 e. The number of nitrogens with zero attached hydrogens (tertiary/aromatic N) is 1. The molecule has 1 amide bonds. The predicted molar refractivity (Wildman–Crippen MR) is 77.2 cm³/mol. The maximum Gasteiger partial charge on any atom is 0.257 e. The Kier molecular flexibility index (Phi) is 4.47. The Labute approximate surface area is 117 Å². The van der Waals surface area contributed by atoms with Crippen LogP contribution < -0.4 is 5.32 Å². The normalized spacial score (nSPS) is 12.8. The molecule has 0 saturated carbocycles. The number of aromatic nitrogens is 1. The van der Waals surface area contributed by atoms with E-state index in [2.05, 4.69) is 24.1 Å². The molecule has 0 saturated heterocycles. The standard InChI is InChI=1S/C14H18N2O2S/c1-9(2)10(3)15-13(17)8-19-14-16-11-6-4-5-7-12(11)18-14/h4-7,9-10H,8H2,1-3H3,(H,15,17)/t10-/m0/s1. The molecule has 1 aromatic carbocycles. The summed E-state index contributed by atoms with van der Waals surface area (Å²) in [4.78, 5) is 16.1. The minimum atomic E-state index is 0.00783. The van der Waals surface area contributed by atoms with Crippen molar-refractivity contribution in [3.05, 3.63) is 24.3 Å². The zero-order valence-corrected chi connectivity index (χ0v) is 12.2. The number of thioether (sulfide) groups is 1. The van der Waals surface area contributed by atoms with Gasteiger partial charge in [0.05, 0.1) is 5.75 Å². The molecule has 19 heavy (non-hydrogen) atoms. The monoisotopic (exact) mass is 278 g/mol. The Morgan fingerprint density at radius 2 is 2.11 bits per heavy atom. The lowest BCUT2D eigenvalue weighted by atomic mass is 10.1. The zero-order chi connectivity index (χ0) is 13.8. The summed E-state index contributed by atoms with van der Waals surface area (Å²) in [6.07, 6.45) is 0. The van der Waals surface area contributed by atoms with Crippen LogP contribution in [0.3, 0.4) is 0 Å². The van der Waals surface area contributed by atoms with E-state index in [9.17, 15) is 4.79 Å². The average molecular weight is 278 g/mol. The maximum absolute atomic E-state index is 11.7. The quantitative estimate of drug-likeness (QED) is 0.854. The molecular weight excluding hydrogens is 260 g/mol. The van der Waals surface area contributed by atoms with Gasteiger partial charge in [0.2, 0.25) is 5.91 Å². The average Bonchev–Trinajstić information content (AvgIpc) is 2.78. The lowest BCUT2D eigenvalue weighted by Gasteiger charge is -2.16. The van der Waals surface area contributed by atoms with Crippen molar-refractivity contribution in [3.63, 3.8) is 0 Å². The molecule has 0 unspecified atom stereocenters. The van der Waals surface area contributed by atoms with Crippen molar-refractivity contribution in [2.75, 3.05) is 5.75 Å². The lowest BCUT2D eigenvalue weighted by molar-refractivity contribution is -0.119. The van der Waals surface area contributed by atoms with Crippen LogP contribution >= 0.6 is 11.8 Å². The Morgan fingerprint density at radius 3 is 2.79 bits per heavy atom. The van der Waals surface area contributed by atoms with Crippen LogP contribution in [-0.2, 0) is 4.79 Å². The van der Waals surface area contributed by atoms with Crippen molar-refractivity contribution < 1.29 is 9.21 Å². The minimum absolute atomic E-state index is 0.00783. The molecule has 1 N–H and O–H groups in total. The molecule has 0 aliphatic heterocycles. The summed E-state index contributed by atoms with van der Waals surface area (Å²) in [7, 11) is 0. The van der Waals surface area contributed by atoms with Gasteiger partial charge in [-0.3, -0.25) is 4.79 Å². The Bertz CT molecular complexity index is 532. The molecule has 1 heterocycles. The highest BCUT2D eigenvalue weighted by Crippen LogP contribution is 2.22. The van der Waals surface area contributed by atoms with Gasteiger partial charge in [-0.25, -0.2) is 4.98 Å². The van der Waals surface area contributed by atoms with Gasteiger partial charge in [0.15, 0.2) is 5.58 Å². The molecule has 0 fully saturated rings. The number of rotatable bonds is 5. The molecule has 0 radical (unpaired) electrons. The third-order valence-corrected chi connectivity index (χ3v) is 3.82. The van der Waals surface area contributed by atoms with Gasteiger partial charge >= 0.3 is 0 Å². The van der Waals surface area contributed by atoms with Crippen LogP contribution in [-0.4, -0.2) is 22.7 Å². The largest absolute Gasteiger partial charge is 0.431 e. The molecule has 1 atom stereocenters. The zero-order valence-electron chi connectivity index (χ0n) is 11.3. The molecule has 1 aromatic heterocycles. The highest BCUT2D eigenvalue weighted by Gasteiger charge is 2.12. The number of nitrogens with one attached hydrogen (secondary N) is 1. The van der Waals surface area contributed by atoms with Crippen LogP contribution in [0.1, 0.15) is 20.8 Å². The molecule has 0 spiro atoms. The summed E-state index contributed by atoms with van der Waals surface area (Å²) in [5.41, 5.74) is 1.57. The number of amides is 1. The number of carbonyl (C=O) groups excluding carboxylic acids is 1. The van der Waals surface area contributed by atoms with E-state index in [0.29, 0.717) is 16.9 Å². The molecule has 0 aliphatic rings. The fourth-order valence-electron chi connectivity index (χ4n) is 1.50. The summed E-state index contributed by atoms with van der Waals surface area (Å²) < 4.78 is 5.54. The lowest BCUT2D eigenvalue weighted by Crippen LogP contribution is -2.37. The van der Waals surface area contributed by atoms with Crippen LogP contribution in [0.25, 0.3) is 11.1 Å². The Morgan fingerprint density at radius 1 is 1.37 bits per heavy atom. The van der Waals surface area contributed by atoms with E-state index in [1.54, 1.807) is 0 Å². The van der Waals surface area contributed by atoms with Crippen molar-refractivity contribution in [2.24, 2.45) is 5.92 Å². The van der Waals surface area contributed by atoms with Crippen molar-refractivity contribution >= 4 is 28.8 Å². The first-order valence-corrected chi connectivity index (χ1v) is 7.32. The first kappa shape index (κ1) is 13.9. The predicted octanol–water partition coefficient (Wildman–Crippen LogP) is 3.08. The third-order valence-electron chi connectivity index (χ3n) is 2.99. The number of benzene rings is 1. The van der Waals surface area contributed by atoms with Gasteiger partial charge in [0.25, 0.3) is 5.22 Å². The van der Waals surface area contributed by atoms with Gasteiger partial charge in [0, 0.05) is 6.04 Å². The number of fused-ring (bicyclic) bond motifs is 1. The van der Waals surface area contributed by atoms with E-state index in [-0.39, 0.29) is 11.9 Å². The maximum atomic E-state index is 11.7. The van der Waals surface area contributed by atoms with Crippen molar-refractivity contribution in [3.8, 4) is 0 Å². The molecular formula is C14H18N2O2S. The molecule has 2 aromatic rings. The van der Waals surface area contributed by atoms with Gasteiger partial charge in [-0.15, -0.1) is 0 Å². The molecule has 0 bridgehead atoms. The van der Waals surface area contributed by atoms with Crippen molar-refractivity contribution in [2.45, 2.75) is 32.0 Å². The highest BCUT2D eigenvalue weighted by atomic mass is 32.2. The van der Waals surface area contributed by atoms with Gasteiger partial charge < -0.3 is 9.73 Å². The van der Waals surface area contributed by atoms with E-state index in [0.717, 1.165) is 11.1 Å². The Balaban J connectivity index is 1.90. The van der Waals surface area contributed by atoms with Crippen LogP contribution in [0.5, 0.6) is 0 Å². The molecule has 5 heteroatoms. The third kappa shape index (κ3) is 3.73. The fourth-order valence-corrected chi connectivity index (χ4v) is 2.15.